The van der Waals surface area contributed by atoms with Crippen LogP contribution in [0.4, 0.5) is 11.4 Å². The van der Waals surface area contributed by atoms with Crippen molar-refractivity contribution in [3.05, 3.63) is 23.8 Å². The van der Waals surface area contributed by atoms with Gasteiger partial charge in [-0.3, -0.25) is 4.79 Å². The van der Waals surface area contributed by atoms with Gasteiger partial charge < -0.3 is 16.0 Å². The van der Waals surface area contributed by atoms with Gasteiger partial charge in [0, 0.05) is 25.2 Å². The zero-order valence-electron chi connectivity index (χ0n) is 12.5. The lowest BCUT2D eigenvalue weighted by atomic mass is 10.1. The molecule has 1 rings (SSSR count). The zero-order valence-corrected chi connectivity index (χ0v) is 12.5. The number of nitrogens with zero attached hydrogens (tertiary/aromatic N) is 1. The van der Waals surface area contributed by atoms with E-state index in [1.54, 1.807) is 19.2 Å². The minimum Gasteiger partial charge on any atom is -0.397 e. The summed E-state index contributed by atoms with van der Waals surface area (Å²) in [4.78, 5) is 14.0. The first-order chi connectivity index (χ1) is 8.86. The van der Waals surface area contributed by atoms with Crippen molar-refractivity contribution in [1.82, 2.24) is 5.32 Å². The molecule has 0 bridgehead atoms. The van der Waals surface area contributed by atoms with Crippen LogP contribution in [0.5, 0.6) is 0 Å². The summed E-state index contributed by atoms with van der Waals surface area (Å²) in [6.07, 6.45) is 0. The molecule has 0 aromatic heterocycles. The van der Waals surface area contributed by atoms with Crippen molar-refractivity contribution >= 4 is 17.3 Å². The standard InChI is InChI=1S/C15H25N3O/c1-10(2)9-18(11(3)4)14-8-12(15(19)17-5)6-7-13(14)16/h6-8,10-11H,9,16H2,1-5H3,(H,17,19). The van der Waals surface area contributed by atoms with Crippen molar-refractivity contribution < 1.29 is 4.79 Å². The largest absolute Gasteiger partial charge is 0.397 e. The predicted octanol–water partition coefficient (Wildman–Crippen LogP) is 2.50. The van der Waals surface area contributed by atoms with Crippen LogP contribution in [0.2, 0.25) is 0 Å². The quantitative estimate of drug-likeness (QED) is 0.802. The Labute approximate surface area is 116 Å². The molecule has 0 aliphatic rings. The first-order valence-corrected chi connectivity index (χ1v) is 6.75. The third kappa shape index (κ3) is 3.88. The van der Waals surface area contributed by atoms with Crippen molar-refractivity contribution in [2.75, 3.05) is 24.2 Å². The average molecular weight is 263 g/mol. The number of nitrogens with two attached hydrogens (primary N) is 1. The number of hydrogen-bond acceptors (Lipinski definition) is 3. The second-order valence-corrected chi connectivity index (χ2v) is 5.49. The highest BCUT2D eigenvalue weighted by Crippen LogP contribution is 2.27. The van der Waals surface area contributed by atoms with E-state index in [1.807, 2.05) is 6.07 Å². The molecule has 0 unspecified atom stereocenters. The number of benzene rings is 1. The van der Waals surface area contributed by atoms with Gasteiger partial charge in [-0.2, -0.15) is 0 Å². The number of nitrogen functional groups attached to an aromatic ring is 1. The van der Waals surface area contributed by atoms with Crippen molar-refractivity contribution in [1.29, 1.82) is 0 Å². The molecule has 0 aliphatic carbocycles. The van der Waals surface area contributed by atoms with Crippen LogP contribution in [0.25, 0.3) is 0 Å². The summed E-state index contributed by atoms with van der Waals surface area (Å²) < 4.78 is 0. The van der Waals surface area contributed by atoms with E-state index in [4.69, 9.17) is 5.73 Å². The second-order valence-electron chi connectivity index (χ2n) is 5.49. The Bertz CT molecular complexity index is 441. The summed E-state index contributed by atoms with van der Waals surface area (Å²) in [5.41, 5.74) is 8.36. The van der Waals surface area contributed by atoms with Gasteiger partial charge in [0.05, 0.1) is 11.4 Å². The van der Waals surface area contributed by atoms with Crippen molar-refractivity contribution in [3.63, 3.8) is 0 Å². The van der Waals surface area contributed by atoms with Gasteiger partial charge in [0.15, 0.2) is 0 Å². The Balaban J connectivity index is 3.17. The molecule has 0 spiro atoms. The topological polar surface area (TPSA) is 58.4 Å². The molecule has 3 N–H and O–H groups in total. The smallest absolute Gasteiger partial charge is 0.251 e. The summed E-state index contributed by atoms with van der Waals surface area (Å²) in [6, 6.07) is 5.77. The number of amides is 1. The molecule has 1 amide bonds. The summed E-state index contributed by atoms with van der Waals surface area (Å²) in [5.74, 6) is 0.444. The van der Waals surface area contributed by atoms with Gasteiger partial charge in [-0.25, -0.2) is 0 Å². The van der Waals surface area contributed by atoms with Gasteiger partial charge >= 0.3 is 0 Å². The van der Waals surface area contributed by atoms with Crippen LogP contribution in [-0.2, 0) is 0 Å². The van der Waals surface area contributed by atoms with E-state index in [9.17, 15) is 4.79 Å². The monoisotopic (exact) mass is 263 g/mol. The number of carbonyl (C=O) groups is 1. The maximum Gasteiger partial charge on any atom is 0.251 e. The fourth-order valence-electron chi connectivity index (χ4n) is 2.06. The Morgan fingerprint density at radius 1 is 1.32 bits per heavy atom. The van der Waals surface area contributed by atoms with Crippen LogP contribution in [0.15, 0.2) is 18.2 Å². The second kappa shape index (κ2) is 6.45. The Hall–Kier alpha value is -1.71. The number of hydrogen-bond donors (Lipinski definition) is 2. The van der Waals surface area contributed by atoms with Gasteiger partial charge in [-0.1, -0.05) is 13.8 Å². The normalized spacial score (nSPS) is 10.9. The lowest BCUT2D eigenvalue weighted by molar-refractivity contribution is 0.0963. The van der Waals surface area contributed by atoms with Crippen molar-refractivity contribution in [2.45, 2.75) is 33.7 Å². The number of nitrogens with one attached hydrogen (secondary N) is 1. The van der Waals surface area contributed by atoms with Crippen LogP contribution < -0.4 is 16.0 Å². The maximum absolute atomic E-state index is 11.7. The summed E-state index contributed by atoms with van der Waals surface area (Å²) >= 11 is 0. The fraction of sp³-hybridized carbons (Fsp3) is 0.533. The van der Waals surface area contributed by atoms with Crippen molar-refractivity contribution in [2.24, 2.45) is 5.92 Å². The van der Waals surface area contributed by atoms with E-state index in [2.05, 4.69) is 37.9 Å². The molecule has 0 aliphatic heterocycles. The van der Waals surface area contributed by atoms with E-state index in [0.29, 0.717) is 23.2 Å². The summed E-state index contributed by atoms with van der Waals surface area (Å²) in [5, 5.41) is 2.64. The lowest BCUT2D eigenvalue weighted by Crippen LogP contribution is -2.35. The Morgan fingerprint density at radius 2 is 1.95 bits per heavy atom. The molecule has 0 atom stereocenters. The zero-order chi connectivity index (χ0) is 14.6. The highest BCUT2D eigenvalue weighted by molar-refractivity contribution is 5.96. The summed E-state index contributed by atoms with van der Waals surface area (Å²) in [7, 11) is 1.63. The van der Waals surface area contributed by atoms with Crippen molar-refractivity contribution in [3.8, 4) is 0 Å². The highest BCUT2D eigenvalue weighted by atomic mass is 16.1. The van der Waals surface area contributed by atoms with Gasteiger partial charge in [-0.15, -0.1) is 0 Å². The van der Waals surface area contributed by atoms with Crippen LogP contribution in [0.1, 0.15) is 38.1 Å². The Morgan fingerprint density at radius 3 is 2.42 bits per heavy atom. The fourth-order valence-corrected chi connectivity index (χ4v) is 2.06. The molecule has 19 heavy (non-hydrogen) atoms. The molecule has 0 saturated heterocycles. The minimum atomic E-state index is -0.0884. The molecule has 0 radical (unpaired) electrons. The molecule has 106 valence electrons. The molecular formula is C15H25N3O. The molecule has 1 aromatic rings. The van der Waals surface area contributed by atoms with Gasteiger partial charge in [-0.05, 0) is 38.0 Å². The molecule has 4 heteroatoms. The highest BCUT2D eigenvalue weighted by Gasteiger charge is 2.16. The third-order valence-electron chi connectivity index (χ3n) is 3.01. The SMILES string of the molecule is CNC(=O)c1ccc(N)c(N(CC(C)C)C(C)C)c1. The summed E-state index contributed by atoms with van der Waals surface area (Å²) in [6.45, 7) is 9.53. The molecule has 1 aromatic carbocycles. The number of anilines is 2. The first-order valence-electron chi connectivity index (χ1n) is 6.75. The van der Waals surface area contributed by atoms with E-state index in [-0.39, 0.29) is 5.91 Å². The van der Waals surface area contributed by atoms with Gasteiger partial charge in [0.2, 0.25) is 0 Å². The van der Waals surface area contributed by atoms with Crippen LogP contribution >= 0.6 is 0 Å². The van der Waals surface area contributed by atoms with E-state index >= 15 is 0 Å². The maximum atomic E-state index is 11.7. The van der Waals surface area contributed by atoms with Gasteiger partial charge in [0.1, 0.15) is 0 Å². The number of rotatable bonds is 5. The third-order valence-corrected chi connectivity index (χ3v) is 3.01. The first kappa shape index (κ1) is 15.3. The minimum absolute atomic E-state index is 0.0884. The molecule has 4 nitrogen and oxygen atoms in total. The molecule has 0 fully saturated rings. The van der Waals surface area contributed by atoms with Crippen LogP contribution in [-0.4, -0.2) is 25.5 Å². The van der Waals surface area contributed by atoms with E-state index in [1.165, 1.54) is 0 Å². The average Bonchev–Trinajstić information content (AvgIpc) is 2.35. The van der Waals surface area contributed by atoms with Crippen LogP contribution in [0, 0.1) is 5.92 Å². The predicted molar refractivity (Wildman–Crippen MR) is 81.6 cm³/mol. The molecular weight excluding hydrogens is 238 g/mol. The van der Waals surface area contributed by atoms with Gasteiger partial charge in [0.25, 0.3) is 5.91 Å². The van der Waals surface area contributed by atoms with E-state index in [0.717, 1.165) is 12.2 Å². The molecule has 0 heterocycles. The number of carbonyl (C=O) groups excluding carboxylic acids is 1. The lowest BCUT2D eigenvalue weighted by Gasteiger charge is -2.32. The van der Waals surface area contributed by atoms with E-state index < -0.39 is 0 Å². The Kier molecular flexibility index (Phi) is 5.21. The molecule has 0 saturated carbocycles. The van der Waals surface area contributed by atoms with Crippen LogP contribution in [0.3, 0.4) is 0 Å².